The smallest absolute Gasteiger partial charge is 0.152 e. The first-order valence-electron chi connectivity index (χ1n) is 11.1. The van der Waals surface area contributed by atoms with Crippen LogP contribution in [0.4, 0.5) is 25.8 Å². The molecule has 1 aliphatic rings. The van der Waals surface area contributed by atoms with Crippen molar-refractivity contribution < 1.29 is 13.6 Å². The van der Waals surface area contributed by atoms with E-state index in [2.05, 4.69) is 10.2 Å². The molecule has 1 atom stereocenters. The number of carbonyl (C=O) groups is 1. The van der Waals surface area contributed by atoms with Gasteiger partial charge in [0.15, 0.2) is 6.29 Å². The van der Waals surface area contributed by atoms with Gasteiger partial charge in [-0.2, -0.15) is 0 Å². The molecule has 1 unspecified atom stereocenters. The Bertz CT molecular complexity index is 1140. The number of halogens is 2. The van der Waals surface area contributed by atoms with Gasteiger partial charge in [-0.15, -0.1) is 0 Å². The number of rotatable bonds is 7. The summed E-state index contributed by atoms with van der Waals surface area (Å²) in [7, 11) is 2.00. The lowest BCUT2D eigenvalue weighted by Gasteiger charge is -2.40. The molecule has 33 heavy (non-hydrogen) atoms. The van der Waals surface area contributed by atoms with E-state index < -0.39 is 0 Å². The van der Waals surface area contributed by atoms with Gasteiger partial charge in [0, 0.05) is 24.0 Å². The molecule has 0 amide bonds. The topological polar surface area (TPSA) is 44.7 Å². The van der Waals surface area contributed by atoms with Gasteiger partial charge in [-0.05, 0) is 85.8 Å². The summed E-state index contributed by atoms with van der Waals surface area (Å²) >= 11 is 0. The Morgan fingerprint density at radius 2 is 1.61 bits per heavy atom. The van der Waals surface area contributed by atoms with Crippen molar-refractivity contribution in [2.75, 3.05) is 12.4 Å². The number of benzene rings is 3. The molecule has 0 saturated heterocycles. The van der Waals surface area contributed by atoms with E-state index in [4.69, 9.17) is 4.99 Å². The summed E-state index contributed by atoms with van der Waals surface area (Å²) in [6, 6.07) is 18.2. The fourth-order valence-electron chi connectivity index (χ4n) is 4.21. The molecule has 3 aromatic carbocycles. The number of anilines is 2. The third-order valence-electron chi connectivity index (χ3n) is 6.31. The third-order valence-corrected chi connectivity index (χ3v) is 6.31. The number of nitrogens with zero attached hydrogens (tertiary/aromatic N) is 2. The monoisotopic (exact) mass is 447 g/mol. The molecule has 0 aliphatic heterocycles. The summed E-state index contributed by atoms with van der Waals surface area (Å²) in [5.41, 5.74) is 3.53. The minimum atomic E-state index is -0.306. The summed E-state index contributed by atoms with van der Waals surface area (Å²) in [6.07, 6.45) is 4.24. The molecule has 0 heterocycles. The normalized spacial score (nSPS) is 15.0. The average molecular weight is 448 g/mol. The zero-order valence-electron chi connectivity index (χ0n) is 18.8. The fourth-order valence-corrected chi connectivity index (χ4v) is 4.21. The highest BCUT2D eigenvalue weighted by molar-refractivity contribution is 5.90. The Morgan fingerprint density at radius 3 is 2.18 bits per heavy atom. The first-order valence-corrected chi connectivity index (χ1v) is 11.1. The highest BCUT2D eigenvalue weighted by atomic mass is 19.1. The SMILES string of the molecule is CC(=Nc1ccc(Nc2ccc(F)cc2)cc1C=O)N(C)C(c1ccc(F)cc1)C1CCC1. The fraction of sp³-hybridized carbons (Fsp3) is 0.259. The van der Waals surface area contributed by atoms with Crippen LogP contribution in [0.25, 0.3) is 0 Å². The van der Waals surface area contributed by atoms with E-state index >= 15 is 0 Å². The number of carbonyl (C=O) groups excluding carboxylic acids is 1. The van der Waals surface area contributed by atoms with Crippen LogP contribution in [0.2, 0.25) is 0 Å². The van der Waals surface area contributed by atoms with Crippen LogP contribution in [0.1, 0.15) is 48.1 Å². The molecule has 3 aromatic rings. The van der Waals surface area contributed by atoms with E-state index in [1.54, 1.807) is 24.3 Å². The van der Waals surface area contributed by atoms with Gasteiger partial charge >= 0.3 is 0 Å². The van der Waals surface area contributed by atoms with Crippen molar-refractivity contribution in [1.29, 1.82) is 0 Å². The lowest BCUT2D eigenvalue weighted by atomic mass is 9.76. The van der Waals surface area contributed by atoms with Gasteiger partial charge < -0.3 is 10.2 Å². The van der Waals surface area contributed by atoms with Gasteiger partial charge in [0.2, 0.25) is 0 Å². The largest absolute Gasteiger partial charge is 0.356 e. The Kier molecular flexibility index (Phi) is 6.82. The molecular weight excluding hydrogens is 420 g/mol. The summed E-state index contributed by atoms with van der Waals surface area (Å²) in [6.45, 7) is 1.93. The predicted molar refractivity (Wildman–Crippen MR) is 129 cm³/mol. The standard InChI is InChI=1S/C27H27F2N3O/c1-18(32(2)27(19-4-3-5-19)20-6-8-22(28)9-7-20)30-26-15-14-25(16-21(26)17-33)31-24-12-10-23(29)11-13-24/h6-17,19,27,31H,3-5H2,1-2H3. The molecule has 170 valence electrons. The Balaban J connectivity index is 1.57. The highest BCUT2D eigenvalue weighted by Gasteiger charge is 2.32. The molecule has 0 radical (unpaired) electrons. The number of aldehydes is 1. The van der Waals surface area contributed by atoms with Gasteiger partial charge in [-0.1, -0.05) is 18.6 Å². The maximum absolute atomic E-state index is 13.5. The van der Waals surface area contributed by atoms with Crippen molar-refractivity contribution in [3.05, 3.63) is 89.5 Å². The van der Waals surface area contributed by atoms with E-state index in [9.17, 15) is 13.6 Å². The van der Waals surface area contributed by atoms with Crippen LogP contribution in [0.15, 0.2) is 71.7 Å². The van der Waals surface area contributed by atoms with Crippen LogP contribution in [0.3, 0.4) is 0 Å². The lowest BCUT2D eigenvalue weighted by molar-refractivity contribution is 0.112. The van der Waals surface area contributed by atoms with Crippen LogP contribution in [-0.4, -0.2) is 24.1 Å². The highest BCUT2D eigenvalue weighted by Crippen LogP contribution is 2.41. The Morgan fingerprint density at radius 1 is 1.00 bits per heavy atom. The van der Waals surface area contributed by atoms with E-state index in [0.717, 1.165) is 36.2 Å². The van der Waals surface area contributed by atoms with Crippen molar-refractivity contribution in [3.8, 4) is 0 Å². The number of aliphatic imine (C=N–C) groups is 1. The van der Waals surface area contributed by atoms with Gasteiger partial charge in [-0.3, -0.25) is 4.79 Å². The maximum atomic E-state index is 13.5. The van der Waals surface area contributed by atoms with Crippen molar-refractivity contribution in [2.45, 2.75) is 32.2 Å². The molecule has 1 aliphatic carbocycles. The maximum Gasteiger partial charge on any atom is 0.152 e. The number of hydrogen-bond acceptors (Lipinski definition) is 3. The predicted octanol–water partition coefficient (Wildman–Crippen LogP) is 7.04. The molecule has 6 heteroatoms. The Labute approximate surface area is 193 Å². The van der Waals surface area contributed by atoms with E-state index in [-0.39, 0.29) is 17.7 Å². The second kappa shape index (κ2) is 9.94. The van der Waals surface area contributed by atoms with Crippen LogP contribution >= 0.6 is 0 Å². The second-order valence-corrected chi connectivity index (χ2v) is 8.48. The van der Waals surface area contributed by atoms with Crippen molar-refractivity contribution >= 4 is 29.2 Å². The zero-order chi connectivity index (χ0) is 23.4. The van der Waals surface area contributed by atoms with Crippen LogP contribution in [0, 0.1) is 17.6 Å². The molecule has 1 N–H and O–H groups in total. The van der Waals surface area contributed by atoms with E-state index in [0.29, 0.717) is 22.9 Å². The molecule has 1 saturated carbocycles. The number of nitrogens with one attached hydrogen (secondary N) is 1. The van der Waals surface area contributed by atoms with Gasteiger partial charge in [0.1, 0.15) is 17.5 Å². The van der Waals surface area contributed by atoms with Crippen molar-refractivity contribution in [3.63, 3.8) is 0 Å². The third kappa shape index (κ3) is 5.28. The van der Waals surface area contributed by atoms with Crippen LogP contribution in [-0.2, 0) is 0 Å². The zero-order valence-corrected chi connectivity index (χ0v) is 18.8. The van der Waals surface area contributed by atoms with Crippen molar-refractivity contribution in [1.82, 2.24) is 4.90 Å². The second-order valence-electron chi connectivity index (χ2n) is 8.48. The molecule has 1 fully saturated rings. The first kappa shape index (κ1) is 22.6. The summed E-state index contributed by atoms with van der Waals surface area (Å²) in [4.78, 5) is 18.7. The van der Waals surface area contributed by atoms with Crippen molar-refractivity contribution in [2.24, 2.45) is 10.9 Å². The van der Waals surface area contributed by atoms with E-state index in [1.807, 2.05) is 32.2 Å². The van der Waals surface area contributed by atoms with Crippen LogP contribution in [0.5, 0.6) is 0 Å². The Hall–Kier alpha value is -3.54. The average Bonchev–Trinajstić information content (AvgIpc) is 2.79. The molecule has 4 nitrogen and oxygen atoms in total. The number of amidine groups is 1. The van der Waals surface area contributed by atoms with Crippen LogP contribution < -0.4 is 5.32 Å². The van der Waals surface area contributed by atoms with Gasteiger partial charge in [0.05, 0.1) is 11.7 Å². The molecule has 0 aromatic heterocycles. The van der Waals surface area contributed by atoms with Gasteiger partial charge in [0.25, 0.3) is 0 Å². The van der Waals surface area contributed by atoms with Gasteiger partial charge in [-0.25, -0.2) is 13.8 Å². The molecule has 0 spiro atoms. The summed E-state index contributed by atoms with van der Waals surface area (Å²) in [5, 5.41) is 3.17. The molecular formula is C27H27F2N3O. The first-order chi connectivity index (χ1) is 15.9. The minimum Gasteiger partial charge on any atom is -0.356 e. The lowest BCUT2D eigenvalue weighted by Crippen LogP contribution is -2.36. The summed E-state index contributed by atoms with van der Waals surface area (Å²) in [5.74, 6) is 0.709. The van der Waals surface area contributed by atoms with E-state index in [1.165, 1.54) is 30.7 Å². The molecule has 0 bridgehead atoms. The summed E-state index contributed by atoms with van der Waals surface area (Å²) < 4.78 is 26.6. The minimum absolute atomic E-state index is 0.0993. The molecule has 4 rings (SSSR count). The quantitative estimate of drug-likeness (QED) is 0.240. The number of hydrogen-bond donors (Lipinski definition) is 1.